The summed E-state index contributed by atoms with van der Waals surface area (Å²) in [4.78, 5) is 4.51. The number of fused-ring (bicyclic) bond motifs is 1. The van der Waals surface area contributed by atoms with Gasteiger partial charge in [0.15, 0.2) is 0 Å². The number of allylic oxidation sites excluding steroid dienone is 2. The predicted molar refractivity (Wildman–Crippen MR) is 146 cm³/mol. The molecule has 1 heterocycles. The molecule has 1 aliphatic heterocycles. The molecule has 1 aliphatic carbocycles. The predicted octanol–water partition coefficient (Wildman–Crippen LogP) is 7.54. The minimum absolute atomic E-state index is 0.261. The lowest BCUT2D eigenvalue weighted by molar-refractivity contribution is 0.222. The highest BCUT2D eigenvalue weighted by Gasteiger charge is 2.36. The summed E-state index contributed by atoms with van der Waals surface area (Å²) in [5.74, 6) is 0.635. The maximum Gasteiger partial charge on any atom is 0.120 e. The fourth-order valence-electron chi connectivity index (χ4n) is 4.75. The number of aromatic hydroxyl groups is 2. The Morgan fingerprint density at radius 1 is 1.03 bits per heavy atom. The first-order valence-corrected chi connectivity index (χ1v) is 12.5. The van der Waals surface area contributed by atoms with Gasteiger partial charge < -0.3 is 15.1 Å². The minimum Gasteiger partial charge on any atom is -0.508 e. The molecule has 0 bridgehead atoms. The first kappa shape index (κ1) is 27.8. The second-order valence-electron chi connectivity index (χ2n) is 9.83. The Hall–Kier alpha value is -2.43. The van der Waals surface area contributed by atoms with Crippen LogP contribution in [0.25, 0.3) is 0 Å². The average Bonchev–Trinajstić information content (AvgIpc) is 3.34. The lowest BCUT2D eigenvalue weighted by Crippen LogP contribution is -2.35. The fraction of sp³-hybridized carbons (Fsp3) is 0.448. The molecule has 0 radical (unpaired) electrons. The number of rotatable bonds is 4. The number of likely N-dealkylation sites (tertiary alicyclic amines) is 1. The summed E-state index contributed by atoms with van der Waals surface area (Å²) in [6.07, 6.45) is 3.26. The van der Waals surface area contributed by atoms with Crippen LogP contribution in [0.1, 0.15) is 59.1 Å². The van der Waals surface area contributed by atoms with Gasteiger partial charge in [-0.05, 0) is 92.6 Å². The average molecular weight is 485 g/mol. The van der Waals surface area contributed by atoms with Crippen molar-refractivity contribution in [1.82, 2.24) is 4.90 Å². The normalized spacial score (nSPS) is 18.1. The van der Waals surface area contributed by atoms with Crippen molar-refractivity contribution in [3.05, 3.63) is 77.1 Å². The van der Waals surface area contributed by atoms with Gasteiger partial charge in [0, 0.05) is 34.7 Å². The Bertz CT molecular complexity index is 984. The van der Waals surface area contributed by atoms with Crippen LogP contribution in [-0.2, 0) is 12.8 Å². The molecule has 0 aromatic heterocycles. The Morgan fingerprint density at radius 3 is 2.12 bits per heavy atom. The molecule has 4 nitrogen and oxygen atoms in total. The van der Waals surface area contributed by atoms with Crippen LogP contribution in [0.4, 0.5) is 5.69 Å². The number of anilines is 1. The van der Waals surface area contributed by atoms with Crippen LogP contribution in [0.3, 0.4) is 0 Å². The van der Waals surface area contributed by atoms with Crippen molar-refractivity contribution >= 4 is 17.3 Å². The number of phenols is 2. The molecule has 4 rings (SSSR count). The van der Waals surface area contributed by atoms with Gasteiger partial charge in [-0.3, -0.25) is 4.90 Å². The maximum atomic E-state index is 9.97. The molecule has 1 unspecified atom stereocenters. The molecule has 2 aromatic carbocycles. The van der Waals surface area contributed by atoms with Crippen LogP contribution >= 0.6 is 11.6 Å². The van der Waals surface area contributed by atoms with Gasteiger partial charge in [-0.25, -0.2) is 0 Å². The summed E-state index contributed by atoms with van der Waals surface area (Å²) in [5, 5.41) is 19.8. The number of hydrogen-bond acceptors (Lipinski definition) is 4. The van der Waals surface area contributed by atoms with Crippen LogP contribution < -0.4 is 4.90 Å². The van der Waals surface area contributed by atoms with Crippen molar-refractivity contribution in [3.63, 3.8) is 0 Å². The van der Waals surface area contributed by atoms with E-state index in [0.717, 1.165) is 35.5 Å². The van der Waals surface area contributed by atoms with E-state index in [1.54, 1.807) is 18.2 Å². The third-order valence-electron chi connectivity index (χ3n) is 6.27. The zero-order valence-electron chi connectivity index (χ0n) is 21.7. The van der Waals surface area contributed by atoms with E-state index < -0.39 is 0 Å². The highest BCUT2D eigenvalue weighted by molar-refractivity contribution is 6.30. The molecular weight excluding hydrogens is 444 g/mol. The molecule has 2 aromatic rings. The van der Waals surface area contributed by atoms with Crippen LogP contribution in [-0.4, -0.2) is 34.2 Å². The van der Waals surface area contributed by atoms with Crippen molar-refractivity contribution in [2.24, 2.45) is 5.41 Å². The minimum atomic E-state index is 0.261. The van der Waals surface area contributed by atoms with Gasteiger partial charge in [-0.1, -0.05) is 52.5 Å². The van der Waals surface area contributed by atoms with Gasteiger partial charge in [0.05, 0.1) is 0 Å². The van der Waals surface area contributed by atoms with E-state index in [-0.39, 0.29) is 5.75 Å². The van der Waals surface area contributed by atoms with Crippen molar-refractivity contribution < 1.29 is 10.2 Å². The molecular formula is C29H41ClN2O2. The summed E-state index contributed by atoms with van der Waals surface area (Å²) in [6, 6.07) is 11.2. The Morgan fingerprint density at radius 2 is 1.62 bits per heavy atom. The van der Waals surface area contributed by atoms with Crippen LogP contribution in [0.5, 0.6) is 11.5 Å². The molecule has 0 amide bonds. The largest absolute Gasteiger partial charge is 0.508 e. The highest BCUT2D eigenvalue weighted by atomic mass is 35.5. The second-order valence-corrected chi connectivity index (χ2v) is 10.3. The van der Waals surface area contributed by atoms with E-state index in [4.69, 9.17) is 16.7 Å². The van der Waals surface area contributed by atoms with Gasteiger partial charge in [-0.15, -0.1) is 0 Å². The van der Waals surface area contributed by atoms with E-state index in [1.165, 1.54) is 25.1 Å². The van der Waals surface area contributed by atoms with Crippen LogP contribution in [0, 0.1) is 5.41 Å². The topological polar surface area (TPSA) is 46.9 Å². The van der Waals surface area contributed by atoms with Gasteiger partial charge in [0.2, 0.25) is 0 Å². The summed E-state index contributed by atoms with van der Waals surface area (Å²) in [6.45, 7) is 22.6. The van der Waals surface area contributed by atoms with E-state index in [0.29, 0.717) is 22.2 Å². The summed E-state index contributed by atoms with van der Waals surface area (Å²) in [5.41, 5.74) is 5.55. The molecule has 5 heteroatoms. The first-order valence-electron chi connectivity index (χ1n) is 12.1. The molecule has 2 N–H and O–H groups in total. The Kier molecular flexibility index (Phi) is 9.66. The zero-order chi connectivity index (χ0) is 25.6. The van der Waals surface area contributed by atoms with Crippen LogP contribution in [0.2, 0.25) is 5.02 Å². The number of phenolic OH excluding ortho intramolecular Hbond substituents is 2. The summed E-state index contributed by atoms with van der Waals surface area (Å²) < 4.78 is 0. The zero-order valence-corrected chi connectivity index (χ0v) is 22.4. The third-order valence-corrected chi connectivity index (χ3v) is 6.49. The molecule has 1 fully saturated rings. The van der Waals surface area contributed by atoms with Crippen molar-refractivity contribution in [2.45, 2.75) is 66.8 Å². The Labute approximate surface area is 211 Å². The molecule has 186 valence electrons. The maximum absolute atomic E-state index is 9.97. The van der Waals surface area contributed by atoms with E-state index >= 15 is 0 Å². The number of hydrogen-bond donors (Lipinski definition) is 2. The van der Waals surface area contributed by atoms with Crippen molar-refractivity contribution in [1.29, 1.82) is 0 Å². The fourth-order valence-corrected chi connectivity index (χ4v) is 4.98. The SMILES string of the molecule is C=C(C)N(C(=C)C)c1ccc(O)cc1.CC.CC1(C)CCN(C2Cc3cc(Cl)cc(O)c3C2)C1. The van der Waals surface area contributed by atoms with E-state index in [9.17, 15) is 5.11 Å². The summed E-state index contributed by atoms with van der Waals surface area (Å²) in [7, 11) is 0. The number of benzene rings is 2. The lowest BCUT2D eigenvalue weighted by atomic mass is 9.93. The molecule has 0 saturated carbocycles. The monoisotopic (exact) mass is 484 g/mol. The van der Waals surface area contributed by atoms with Gasteiger partial charge in [0.1, 0.15) is 11.5 Å². The lowest BCUT2D eigenvalue weighted by Gasteiger charge is -2.25. The number of nitrogens with zero attached hydrogens (tertiary/aromatic N) is 2. The van der Waals surface area contributed by atoms with Gasteiger partial charge in [0.25, 0.3) is 0 Å². The first-order chi connectivity index (χ1) is 16.0. The van der Waals surface area contributed by atoms with Gasteiger partial charge in [-0.2, -0.15) is 0 Å². The summed E-state index contributed by atoms with van der Waals surface area (Å²) >= 11 is 6.01. The molecule has 0 spiro atoms. The van der Waals surface area contributed by atoms with Crippen molar-refractivity contribution in [3.8, 4) is 11.5 Å². The standard InChI is InChI=1S/C15H20ClNO.C12H15NO.C2H6/c1-15(2)3-4-17(9-15)12-6-10-5-11(16)7-14(18)13(10)8-12;1-9(2)13(10(3)4)11-5-7-12(14)8-6-11;1-2/h5,7,12,18H,3-4,6,8-9H2,1-2H3;5-8,14H,1,3H2,2,4H3;1-2H3. The molecule has 34 heavy (non-hydrogen) atoms. The molecule has 2 aliphatic rings. The molecule has 1 atom stereocenters. The quantitative estimate of drug-likeness (QED) is 0.470. The smallest absolute Gasteiger partial charge is 0.120 e. The van der Waals surface area contributed by atoms with Gasteiger partial charge >= 0.3 is 0 Å². The van der Waals surface area contributed by atoms with Crippen LogP contribution in [0.15, 0.2) is 61.0 Å². The molecule has 1 saturated heterocycles. The number of halogens is 1. The highest BCUT2D eigenvalue weighted by Crippen LogP contribution is 2.38. The van der Waals surface area contributed by atoms with E-state index in [2.05, 4.69) is 31.9 Å². The second kappa shape index (κ2) is 11.8. The van der Waals surface area contributed by atoms with E-state index in [1.807, 2.05) is 50.8 Å². The third kappa shape index (κ3) is 7.04. The van der Waals surface area contributed by atoms with Crippen molar-refractivity contribution in [2.75, 3.05) is 18.0 Å². The Balaban J connectivity index is 0.000000231.